The van der Waals surface area contributed by atoms with Gasteiger partial charge in [-0.2, -0.15) is 5.26 Å². The molecule has 0 atom stereocenters. The van der Waals surface area contributed by atoms with Gasteiger partial charge in [0.1, 0.15) is 12.1 Å². The number of hydrogen-bond acceptors (Lipinski definition) is 6. The summed E-state index contributed by atoms with van der Waals surface area (Å²) in [5.74, 6) is -0.0158. The molecule has 0 aromatic heterocycles. The van der Waals surface area contributed by atoms with Crippen LogP contribution in [0, 0.1) is 21.4 Å². The van der Waals surface area contributed by atoms with Crippen LogP contribution in [0.25, 0.3) is 0 Å². The zero-order valence-corrected chi connectivity index (χ0v) is 10.4. The lowest BCUT2D eigenvalue weighted by Crippen LogP contribution is -2.12. The summed E-state index contributed by atoms with van der Waals surface area (Å²) in [4.78, 5) is 21.8. The number of amides is 1. The highest BCUT2D eigenvalue weighted by molar-refractivity contribution is 5.94. The zero-order valence-electron chi connectivity index (χ0n) is 10.4. The van der Waals surface area contributed by atoms with Crippen molar-refractivity contribution < 1.29 is 19.2 Å². The van der Waals surface area contributed by atoms with E-state index >= 15 is 0 Å². The Morgan fingerprint density at radius 2 is 2.05 bits per heavy atom. The van der Waals surface area contributed by atoms with Crippen LogP contribution in [0.3, 0.4) is 0 Å². The van der Waals surface area contributed by atoms with E-state index in [-0.39, 0.29) is 23.5 Å². The number of carbonyl (C=O) groups is 1. The maximum absolute atomic E-state index is 11.4. The number of benzene rings is 1. The lowest BCUT2D eigenvalue weighted by Gasteiger charge is -2.10. The van der Waals surface area contributed by atoms with Crippen LogP contribution in [0.5, 0.6) is 11.5 Å². The van der Waals surface area contributed by atoms with Gasteiger partial charge in [-0.15, -0.1) is 0 Å². The van der Waals surface area contributed by atoms with Crippen LogP contribution in [-0.4, -0.2) is 24.0 Å². The molecule has 0 spiro atoms. The smallest absolute Gasteiger partial charge is 0.296 e. The molecule has 1 aromatic rings. The highest BCUT2D eigenvalue weighted by Gasteiger charge is 2.22. The lowest BCUT2D eigenvalue weighted by atomic mass is 10.2. The van der Waals surface area contributed by atoms with Crippen molar-refractivity contribution in [1.82, 2.24) is 0 Å². The first-order chi connectivity index (χ1) is 9.61. The molecular formula is C12H11N3O5. The Morgan fingerprint density at radius 1 is 1.40 bits per heavy atom. The number of nitro groups is 1. The van der Waals surface area contributed by atoms with Crippen molar-refractivity contribution in [2.75, 3.05) is 18.5 Å². The number of anilines is 1. The number of nitrogens with one attached hydrogen (secondary N) is 1. The highest BCUT2D eigenvalue weighted by atomic mass is 16.6. The summed E-state index contributed by atoms with van der Waals surface area (Å²) >= 11 is 0. The quantitative estimate of drug-likeness (QED) is 0.663. The van der Waals surface area contributed by atoms with Gasteiger partial charge in [-0.25, -0.2) is 0 Å². The van der Waals surface area contributed by atoms with E-state index in [4.69, 9.17) is 14.7 Å². The fourth-order valence-corrected chi connectivity index (χ4v) is 1.72. The number of rotatable bonds is 3. The van der Waals surface area contributed by atoms with E-state index < -0.39 is 10.8 Å². The minimum Gasteiger partial charge on any atom is -0.489 e. The van der Waals surface area contributed by atoms with Crippen molar-refractivity contribution in [2.24, 2.45) is 0 Å². The van der Waals surface area contributed by atoms with Crippen LogP contribution in [0.2, 0.25) is 0 Å². The maximum Gasteiger partial charge on any atom is 0.296 e. The minimum atomic E-state index is -0.628. The topological polar surface area (TPSA) is 114 Å². The van der Waals surface area contributed by atoms with Gasteiger partial charge >= 0.3 is 0 Å². The lowest BCUT2D eigenvalue weighted by molar-refractivity contribution is -0.384. The minimum absolute atomic E-state index is 0.0144. The van der Waals surface area contributed by atoms with Crippen molar-refractivity contribution in [3.8, 4) is 17.6 Å². The Kier molecular flexibility index (Phi) is 4.00. The number of ether oxygens (including phenoxy) is 2. The molecule has 20 heavy (non-hydrogen) atoms. The summed E-state index contributed by atoms with van der Waals surface area (Å²) in [7, 11) is 0. The molecule has 0 fully saturated rings. The molecule has 1 aliphatic heterocycles. The second-order valence-electron chi connectivity index (χ2n) is 4.01. The van der Waals surface area contributed by atoms with Crippen LogP contribution in [0.4, 0.5) is 11.4 Å². The maximum atomic E-state index is 11.4. The summed E-state index contributed by atoms with van der Waals surface area (Å²) in [6.45, 7) is 0.834. The van der Waals surface area contributed by atoms with Crippen molar-refractivity contribution in [2.45, 2.75) is 12.8 Å². The number of nitrogens with zero attached hydrogens (tertiary/aromatic N) is 2. The summed E-state index contributed by atoms with van der Waals surface area (Å²) in [6, 6.07) is 4.22. The van der Waals surface area contributed by atoms with E-state index in [9.17, 15) is 14.9 Å². The number of fused-ring (bicyclic) bond motifs is 1. The number of carbonyl (C=O) groups excluding carboxylic acids is 1. The molecule has 8 heteroatoms. The fourth-order valence-electron chi connectivity index (χ4n) is 1.72. The van der Waals surface area contributed by atoms with Crippen LogP contribution in [-0.2, 0) is 4.79 Å². The molecular weight excluding hydrogens is 266 g/mol. The van der Waals surface area contributed by atoms with Gasteiger partial charge in [0.05, 0.1) is 30.3 Å². The average Bonchev–Trinajstić information content (AvgIpc) is 2.62. The molecule has 0 saturated heterocycles. The summed E-state index contributed by atoms with van der Waals surface area (Å²) < 4.78 is 10.8. The van der Waals surface area contributed by atoms with E-state index in [1.165, 1.54) is 12.1 Å². The first-order valence-corrected chi connectivity index (χ1v) is 5.86. The van der Waals surface area contributed by atoms with Crippen LogP contribution < -0.4 is 14.8 Å². The van der Waals surface area contributed by atoms with Gasteiger partial charge in [0.2, 0.25) is 5.91 Å². The molecule has 2 rings (SSSR count). The van der Waals surface area contributed by atoms with E-state index in [2.05, 4.69) is 5.32 Å². The Labute approximate surface area is 114 Å². The van der Waals surface area contributed by atoms with Gasteiger partial charge in [-0.3, -0.25) is 14.9 Å². The third-order valence-corrected chi connectivity index (χ3v) is 2.58. The molecule has 0 saturated carbocycles. The van der Waals surface area contributed by atoms with Gasteiger partial charge in [-0.05, 0) is 0 Å². The molecule has 0 unspecified atom stereocenters. The molecule has 0 bridgehead atoms. The van der Waals surface area contributed by atoms with Crippen molar-refractivity contribution >= 4 is 17.3 Å². The highest BCUT2D eigenvalue weighted by Crippen LogP contribution is 2.39. The largest absolute Gasteiger partial charge is 0.489 e. The van der Waals surface area contributed by atoms with E-state index in [0.717, 1.165) is 0 Å². The molecule has 0 aliphatic carbocycles. The monoisotopic (exact) mass is 277 g/mol. The zero-order chi connectivity index (χ0) is 14.5. The number of nitriles is 1. The van der Waals surface area contributed by atoms with E-state index in [1.807, 2.05) is 0 Å². The van der Waals surface area contributed by atoms with Crippen molar-refractivity contribution in [3.63, 3.8) is 0 Å². The van der Waals surface area contributed by atoms with Gasteiger partial charge in [0, 0.05) is 12.5 Å². The van der Waals surface area contributed by atoms with E-state index in [0.29, 0.717) is 25.4 Å². The molecule has 1 heterocycles. The molecule has 1 aliphatic rings. The Hall–Kier alpha value is -2.82. The standard InChI is InChI=1S/C12H11N3O5/c13-3-2-12(16)14-8-6-10-11(7-9(8)15(17)18)20-5-1-4-19-10/h6-7H,1-2,4-5H2,(H,14,16). The molecule has 1 aromatic carbocycles. The first kappa shape index (κ1) is 13.6. The molecule has 104 valence electrons. The number of hydrogen-bond donors (Lipinski definition) is 1. The summed E-state index contributed by atoms with van der Waals surface area (Å²) in [5.41, 5.74) is -0.319. The van der Waals surface area contributed by atoms with Gasteiger partial charge in [0.25, 0.3) is 5.69 Å². The van der Waals surface area contributed by atoms with Gasteiger partial charge < -0.3 is 14.8 Å². The average molecular weight is 277 g/mol. The summed E-state index contributed by atoms with van der Waals surface area (Å²) in [6.07, 6.45) is 0.282. The summed E-state index contributed by atoms with van der Waals surface area (Å²) in [5, 5.41) is 21.8. The Bertz CT molecular complexity index is 593. The Balaban J connectivity index is 2.38. The first-order valence-electron chi connectivity index (χ1n) is 5.86. The number of nitro benzene ring substituents is 1. The normalized spacial score (nSPS) is 12.9. The predicted molar refractivity (Wildman–Crippen MR) is 67.6 cm³/mol. The second-order valence-corrected chi connectivity index (χ2v) is 4.01. The third-order valence-electron chi connectivity index (χ3n) is 2.58. The van der Waals surface area contributed by atoms with Gasteiger partial charge in [-0.1, -0.05) is 0 Å². The molecule has 1 N–H and O–H groups in total. The Morgan fingerprint density at radius 3 is 2.65 bits per heavy atom. The van der Waals surface area contributed by atoms with Crippen LogP contribution in [0.15, 0.2) is 12.1 Å². The van der Waals surface area contributed by atoms with Crippen molar-refractivity contribution in [3.05, 3.63) is 22.2 Å². The van der Waals surface area contributed by atoms with E-state index in [1.54, 1.807) is 6.07 Å². The predicted octanol–water partition coefficient (Wildman–Crippen LogP) is 1.61. The third kappa shape index (κ3) is 2.95. The second kappa shape index (κ2) is 5.88. The molecule has 1 amide bonds. The molecule has 0 radical (unpaired) electrons. The van der Waals surface area contributed by atoms with Gasteiger partial charge in [0.15, 0.2) is 11.5 Å². The van der Waals surface area contributed by atoms with Crippen LogP contribution >= 0.6 is 0 Å². The van der Waals surface area contributed by atoms with Crippen LogP contribution in [0.1, 0.15) is 12.8 Å². The van der Waals surface area contributed by atoms with Crippen molar-refractivity contribution in [1.29, 1.82) is 5.26 Å². The SMILES string of the molecule is N#CCC(=O)Nc1cc2c(cc1[N+](=O)[O-])OCCCO2. The molecule has 8 nitrogen and oxygen atoms in total. The fraction of sp³-hybridized carbons (Fsp3) is 0.333.